The van der Waals surface area contributed by atoms with Gasteiger partial charge in [-0.1, -0.05) is 149 Å². The van der Waals surface area contributed by atoms with Gasteiger partial charge in [0, 0.05) is 19.5 Å². The van der Waals surface area contributed by atoms with Crippen molar-refractivity contribution in [3.63, 3.8) is 0 Å². The minimum Gasteiger partial charge on any atom is -0.134 e. The molecule has 2 heteroatoms. The van der Waals surface area contributed by atoms with Crippen LogP contribution >= 0.6 is 22.7 Å². The third kappa shape index (κ3) is 8.35. The first-order valence-electron chi connectivity index (χ1n) is 17.3. The molecule has 0 N–H and O–H groups in total. The Morgan fingerprint density at radius 2 is 0.609 bits per heavy atom. The summed E-state index contributed by atoms with van der Waals surface area (Å²) in [6.07, 6.45) is 12.9. The molecule has 0 saturated carbocycles. The smallest absolute Gasteiger partial charge is 0.0449 e. The van der Waals surface area contributed by atoms with Gasteiger partial charge in [-0.3, -0.25) is 0 Å². The maximum Gasteiger partial charge on any atom is 0.0449 e. The Morgan fingerprint density at radius 3 is 0.957 bits per heavy atom. The second-order valence-electron chi connectivity index (χ2n) is 12.5. The second kappa shape index (κ2) is 16.2. The first-order valence-corrected chi connectivity index (χ1v) is 18.9. The summed E-state index contributed by atoms with van der Waals surface area (Å²) in [5, 5.41) is 0. The molecular formula is C44H46S2. The van der Waals surface area contributed by atoms with Crippen LogP contribution in [0.3, 0.4) is 0 Å². The normalized spacial score (nSPS) is 11.3. The highest BCUT2D eigenvalue weighted by atomic mass is 32.1. The molecule has 0 atom stereocenters. The summed E-state index contributed by atoms with van der Waals surface area (Å²) in [6, 6.07) is 45.6. The van der Waals surface area contributed by atoms with Gasteiger partial charge in [0.1, 0.15) is 0 Å². The Balaban J connectivity index is 1.06. The van der Waals surface area contributed by atoms with Gasteiger partial charge in [0.2, 0.25) is 0 Å². The lowest BCUT2D eigenvalue weighted by Crippen LogP contribution is -1.86. The summed E-state index contributed by atoms with van der Waals surface area (Å²) < 4.78 is 0. The monoisotopic (exact) mass is 638 g/mol. The molecule has 0 aliphatic heterocycles. The SMILES string of the molecule is CCCCCCc1ccc(-c2ccc(-c3ccc(-c4ccc(-c5ccc(-c6ccc(CCCCCC)cc6)cc5)s4)s3)cc2)cc1. The summed E-state index contributed by atoms with van der Waals surface area (Å²) in [5.74, 6) is 0. The van der Waals surface area contributed by atoms with Crippen molar-refractivity contribution in [1.29, 1.82) is 0 Å². The van der Waals surface area contributed by atoms with E-state index in [-0.39, 0.29) is 0 Å². The molecule has 0 bridgehead atoms. The Kier molecular flexibility index (Phi) is 11.4. The van der Waals surface area contributed by atoms with Crippen LogP contribution in [0.5, 0.6) is 0 Å². The summed E-state index contributed by atoms with van der Waals surface area (Å²) in [4.78, 5) is 5.29. The zero-order chi connectivity index (χ0) is 31.6. The van der Waals surface area contributed by atoms with Crippen molar-refractivity contribution >= 4 is 22.7 Å². The van der Waals surface area contributed by atoms with E-state index < -0.39 is 0 Å². The lowest BCUT2D eigenvalue weighted by atomic mass is 10.00. The number of thiophene rings is 2. The molecule has 6 aromatic rings. The van der Waals surface area contributed by atoms with Gasteiger partial charge < -0.3 is 0 Å². The van der Waals surface area contributed by atoms with E-state index in [2.05, 4.69) is 135 Å². The van der Waals surface area contributed by atoms with Crippen LogP contribution < -0.4 is 0 Å². The largest absolute Gasteiger partial charge is 0.134 e. The fraction of sp³-hybridized carbons (Fsp3) is 0.273. The molecule has 46 heavy (non-hydrogen) atoms. The number of rotatable bonds is 15. The highest BCUT2D eigenvalue weighted by Crippen LogP contribution is 2.41. The van der Waals surface area contributed by atoms with Crippen LogP contribution in [0, 0.1) is 0 Å². The molecule has 0 aliphatic carbocycles. The zero-order valence-electron chi connectivity index (χ0n) is 27.4. The van der Waals surface area contributed by atoms with Crippen molar-refractivity contribution in [2.24, 2.45) is 0 Å². The highest BCUT2D eigenvalue weighted by Gasteiger charge is 2.10. The molecule has 234 valence electrons. The van der Waals surface area contributed by atoms with Gasteiger partial charge in [-0.25, -0.2) is 0 Å². The summed E-state index contributed by atoms with van der Waals surface area (Å²) in [5.41, 5.74) is 10.6. The minimum atomic E-state index is 1.19. The van der Waals surface area contributed by atoms with Gasteiger partial charge >= 0.3 is 0 Å². The van der Waals surface area contributed by atoms with Crippen LogP contribution in [0.2, 0.25) is 0 Å². The molecule has 6 rings (SSSR count). The summed E-state index contributed by atoms with van der Waals surface area (Å²) in [7, 11) is 0. The topological polar surface area (TPSA) is 0 Å². The number of hydrogen-bond donors (Lipinski definition) is 0. The molecule has 4 aromatic carbocycles. The van der Waals surface area contributed by atoms with E-state index in [1.165, 1.54) is 128 Å². The van der Waals surface area contributed by atoms with E-state index in [1.54, 1.807) is 0 Å². The van der Waals surface area contributed by atoms with Crippen LogP contribution in [0.4, 0.5) is 0 Å². The van der Waals surface area contributed by atoms with Crippen LogP contribution in [0.15, 0.2) is 121 Å². The van der Waals surface area contributed by atoms with E-state index in [0.29, 0.717) is 0 Å². The quantitative estimate of drug-likeness (QED) is 0.0982. The standard InChI is InChI=1S/C44H46S2/c1-3-5-7-9-11-33-13-17-35(18-14-33)37-21-25-39(26-22-37)41-29-31-43(45-41)44-32-30-42(46-44)40-27-23-38(24-28-40)36-19-15-34(16-20-36)12-10-8-6-4-2/h13-32H,3-12H2,1-2H3. The molecule has 0 nitrogen and oxygen atoms in total. The fourth-order valence-corrected chi connectivity index (χ4v) is 8.26. The molecular weight excluding hydrogens is 593 g/mol. The lowest BCUT2D eigenvalue weighted by molar-refractivity contribution is 0.667. The summed E-state index contributed by atoms with van der Waals surface area (Å²) in [6.45, 7) is 4.54. The molecule has 0 unspecified atom stereocenters. The Hall–Kier alpha value is -3.72. The predicted octanol–water partition coefficient (Wildman–Crippen LogP) is 14.4. The highest BCUT2D eigenvalue weighted by molar-refractivity contribution is 7.25. The van der Waals surface area contributed by atoms with Crippen molar-refractivity contribution in [3.05, 3.63) is 132 Å². The third-order valence-electron chi connectivity index (χ3n) is 9.01. The van der Waals surface area contributed by atoms with Gasteiger partial charge in [-0.2, -0.15) is 0 Å². The molecule has 0 fully saturated rings. The molecule has 0 spiro atoms. The first-order chi connectivity index (χ1) is 22.7. The van der Waals surface area contributed by atoms with E-state index in [1.807, 2.05) is 22.7 Å². The average Bonchev–Trinajstić information content (AvgIpc) is 3.81. The maximum atomic E-state index is 2.30. The Labute approximate surface area is 284 Å². The van der Waals surface area contributed by atoms with Gasteiger partial charge in [0.05, 0.1) is 0 Å². The van der Waals surface area contributed by atoms with Crippen molar-refractivity contribution in [1.82, 2.24) is 0 Å². The number of benzene rings is 4. The molecule has 2 heterocycles. The van der Waals surface area contributed by atoms with E-state index >= 15 is 0 Å². The molecule has 0 aliphatic rings. The van der Waals surface area contributed by atoms with Crippen LogP contribution in [0.1, 0.15) is 76.3 Å². The van der Waals surface area contributed by atoms with Gasteiger partial charge in [0.15, 0.2) is 0 Å². The van der Waals surface area contributed by atoms with Crippen molar-refractivity contribution in [2.75, 3.05) is 0 Å². The second-order valence-corrected chi connectivity index (χ2v) is 14.7. The Bertz CT molecular complexity index is 1630. The maximum absolute atomic E-state index is 2.30. The predicted molar refractivity (Wildman–Crippen MR) is 205 cm³/mol. The van der Waals surface area contributed by atoms with Crippen LogP contribution in [0.25, 0.3) is 52.9 Å². The van der Waals surface area contributed by atoms with Crippen molar-refractivity contribution < 1.29 is 0 Å². The summed E-state index contributed by atoms with van der Waals surface area (Å²) >= 11 is 3.76. The average molecular weight is 639 g/mol. The van der Waals surface area contributed by atoms with E-state index in [4.69, 9.17) is 0 Å². The van der Waals surface area contributed by atoms with Crippen LogP contribution in [-0.4, -0.2) is 0 Å². The number of aryl methyl sites for hydroxylation is 2. The van der Waals surface area contributed by atoms with Gasteiger partial charge in [-0.15, -0.1) is 22.7 Å². The molecule has 0 amide bonds. The zero-order valence-corrected chi connectivity index (χ0v) is 29.1. The van der Waals surface area contributed by atoms with Crippen molar-refractivity contribution in [2.45, 2.75) is 78.1 Å². The molecule has 0 saturated heterocycles. The van der Waals surface area contributed by atoms with E-state index in [0.717, 1.165) is 0 Å². The number of hydrogen-bond acceptors (Lipinski definition) is 2. The Morgan fingerprint density at radius 1 is 0.304 bits per heavy atom. The molecule has 0 radical (unpaired) electrons. The van der Waals surface area contributed by atoms with Gasteiger partial charge in [-0.05, 0) is 94.5 Å². The van der Waals surface area contributed by atoms with E-state index in [9.17, 15) is 0 Å². The minimum absolute atomic E-state index is 1.19. The third-order valence-corrected chi connectivity index (χ3v) is 11.5. The number of unbranched alkanes of at least 4 members (excludes halogenated alkanes) is 6. The molecule has 2 aromatic heterocycles. The van der Waals surface area contributed by atoms with Gasteiger partial charge in [0.25, 0.3) is 0 Å². The fourth-order valence-electron chi connectivity index (χ4n) is 6.14. The van der Waals surface area contributed by atoms with Crippen LogP contribution in [-0.2, 0) is 12.8 Å². The lowest BCUT2D eigenvalue weighted by Gasteiger charge is -2.06. The first kappa shape index (κ1) is 32.2. The van der Waals surface area contributed by atoms with Crippen molar-refractivity contribution in [3.8, 4) is 52.9 Å².